The van der Waals surface area contributed by atoms with E-state index in [4.69, 9.17) is 38.5 Å². The summed E-state index contributed by atoms with van der Waals surface area (Å²) in [5.41, 5.74) is 23.6. The molecule has 0 spiro atoms. The SMILES string of the molecule is C=C1NCC(C(C)C)N1.CC(=O)NC(C)C.CC(C)C(=N)N.CC(C)C1CN(C)CCO1.CC(C)Cc1ncccn1.CC(C)N1CCCCC1.CC(C)N1CCN(C(=N)N)CC1.CC(C)N1CC[N+](C)(C)CC1.CC(C)N=C(N)N1CCN(C)CC1.CC(C)Nc1nc2ccccc2[nH]1.CC(C)Nc1ncc[nH]1.CC(C)Nc1ncc[nH]1.CC(C)Nc1nccs1.CC(N)=NC(C)C.CCC[N+]1(C)CCN(C(C)C)CC1. The van der Waals surface area contributed by atoms with Crippen LogP contribution in [-0.2, 0) is 16.0 Å². The lowest BCUT2D eigenvalue weighted by Crippen LogP contribution is -2.58. The van der Waals surface area contributed by atoms with E-state index in [-0.39, 0.29) is 29.7 Å². The Hall–Kier alpha value is -9.05. The zero-order valence-electron chi connectivity index (χ0n) is 99.9. The minimum atomic E-state index is 0.0370. The Labute approximate surface area is 899 Å². The van der Waals surface area contributed by atoms with Crippen molar-refractivity contribution in [3.05, 3.63) is 97.3 Å². The molecule has 0 bridgehead atoms. The largest absolute Gasteiger partial charge is 0.388 e. The number of nitrogens with two attached hydrogens (primary N) is 4. The van der Waals surface area contributed by atoms with E-state index in [1.807, 2.05) is 96.0 Å². The van der Waals surface area contributed by atoms with Crippen molar-refractivity contribution in [1.29, 1.82) is 10.8 Å². The van der Waals surface area contributed by atoms with Crippen LogP contribution in [0.5, 0.6) is 0 Å². The second-order valence-corrected chi connectivity index (χ2v) is 45.3. The highest BCUT2D eigenvalue weighted by molar-refractivity contribution is 7.13. The van der Waals surface area contributed by atoms with Crippen molar-refractivity contribution in [2.45, 2.75) is 339 Å². The standard InChI is InChI=1S/C11H25N2.C10H13N3.C9H20N4.C9H21N2.C8H18N4.C8H12N2.C8H17NO.C8H17N.C7H14N2.2C6H11N3.C6H10N2S.C5H12N2.C5H11NO.C4H10N2/c1-5-8-13(4)9-6-12(7-10-13)11(2)3;1-7(2)11-10-12-8-5-3-4-6-9(8)13-10;1-8(2)11-9(10)13-6-4-12(3)5-7-13;1-9(2)10-5-7-11(3,4)8-6-10;1-7(2)11-3-5-12(6-4-11)8(9)10;1-7(2)6-8-9-4-3-5-10-8;1-7(2)8-6-9(3)4-5-10-8;1-8(2)9-6-4-3-5-7-9;1-5(2)7-4-8-6(3)9-7;2*1-5(2)9-6-7-3-4-8-6;1-5(2)8-6-7-3-4-9-6;1-4(2)7-5(3)6;1-4(2)6-5(3)7;1-3(2)4(5)6/h11H,5-10H2,1-4H3;3-7H,1-2H3,(H2,11,12,13);8H,4-7H2,1-3H3,(H2,10,11);9H,5-8H2,1-4H3;7H,3-6H2,1-2H3,(H3,9,10);3-5,7H,6H2,1-2H3;7-8H,4-6H2,1-3H3;8H,3-7H2,1-2H3;5,7-9H,3-4H2,1-2H3;2*3-5H,1-2H3,(H2,7,8,9);3-5H,1-2H3,(H,7,8);4H,1-3H3,(H2,6,7);4H,1-3H3,(H,6,7);3H,1-2H3,(H3,5,6)/q+1;;;+1;;;;;;;;;;;. The molecule has 147 heavy (non-hydrogen) atoms. The number of piperazine rings is 4. The van der Waals surface area contributed by atoms with Gasteiger partial charge in [-0.25, -0.2) is 29.9 Å². The minimum absolute atomic E-state index is 0.0370. The summed E-state index contributed by atoms with van der Waals surface area (Å²) in [6.45, 7) is 99.6. The fourth-order valence-electron chi connectivity index (χ4n) is 14.9. The monoisotopic (exact) mass is 2080 g/mol. The van der Waals surface area contributed by atoms with Gasteiger partial charge in [0.1, 0.15) is 5.82 Å². The number of morpholine rings is 1. The molecule has 6 aromatic rings. The first-order valence-electron chi connectivity index (χ1n) is 54.8. The lowest BCUT2D eigenvalue weighted by molar-refractivity contribution is -0.913. The van der Waals surface area contributed by atoms with Crippen LogP contribution < -0.4 is 60.2 Å². The highest BCUT2D eigenvalue weighted by Gasteiger charge is 2.30. The molecule has 848 valence electrons. The Bertz CT molecular complexity index is 4050. The molecule has 7 saturated heterocycles. The predicted octanol–water partition coefficient (Wildman–Crippen LogP) is 16.1. The first-order valence-corrected chi connectivity index (χ1v) is 55.7. The summed E-state index contributed by atoms with van der Waals surface area (Å²) in [4.78, 5) is 71.0. The number of likely N-dealkylation sites (N-methyl/N-ethyl adjacent to an activating group) is 4. The number of aromatic nitrogens is 9. The maximum absolute atomic E-state index is 10.1. The topological polar surface area (TPSA) is 438 Å². The van der Waals surface area contributed by atoms with Crippen molar-refractivity contribution < 1.29 is 18.5 Å². The summed E-state index contributed by atoms with van der Waals surface area (Å²) in [7, 11) is 11.3. The molecule has 0 radical (unpaired) electrons. The minimum Gasteiger partial charge on any atom is -0.388 e. The molecule has 1 aromatic carbocycles. The number of aliphatic imine (C=N–C) groups is 2. The van der Waals surface area contributed by atoms with Gasteiger partial charge in [-0.1, -0.05) is 87.4 Å². The van der Waals surface area contributed by atoms with Crippen LogP contribution in [0.3, 0.4) is 0 Å². The average molecular weight is 2090 g/mol. The number of thiazole rings is 1. The second-order valence-electron chi connectivity index (χ2n) is 44.4. The van der Waals surface area contributed by atoms with Gasteiger partial charge in [-0.05, 0) is 242 Å². The number of aromatic amines is 3. The summed E-state index contributed by atoms with van der Waals surface area (Å²) < 4.78 is 8.06. The van der Waals surface area contributed by atoms with Crippen molar-refractivity contribution in [2.24, 2.45) is 56.6 Å². The van der Waals surface area contributed by atoms with Gasteiger partial charge in [0, 0.05) is 239 Å². The normalized spacial score (nSPS) is 17.5. The van der Waals surface area contributed by atoms with E-state index < -0.39 is 0 Å². The average Bonchev–Trinajstić information content (AvgIpc) is 1.81. The first-order chi connectivity index (χ1) is 68.8. The number of fused-ring (bicyclic) bond motifs is 1. The number of piperidine rings is 1. The number of imidazole rings is 3. The van der Waals surface area contributed by atoms with Crippen molar-refractivity contribution >= 4 is 74.8 Å². The fraction of sp³-hybridized carbons (Fsp3) is 0.755. The van der Waals surface area contributed by atoms with E-state index in [1.54, 1.807) is 61.6 Å². The van der Waals surface area contributed by atoms with Gasteiger partial charge in [-0.3, -0.25) is 40.3 Å². The highest BCUT2D eigenvalue weighted by atomic mass is 32.1. The van der Waals surface area contributed by atoms with E-state index in [0.717, 1.165) is 149 Å². The van der Waals surface area contributed by atoms with Crippen molar-refractivity contribution in [3.63, 3.8) is 0 Å². The number of amides is 1. The van der Waals surface area contributed by atoms with Crippen LogP contribution in [0.1, 0.15) is 260 Å². The van der Waals surface area contributed by atoms with E-state index >= 15 is 0 Å². The van der Waals surface area contributed by atoms with Gasteiger partial charge in [0.15, 0.2) is 28.9 Å². The number of nitrogens with zero attached hydrogens (tertiary/aromatic N) is 18. The number of guanidine groups is 2. The van der Waals surface area contributed by atoms with E-state index in [0.29, 0.717) is 84.0 Å². The summed E-state index contributed by atoms with van der Waals surface area (Å²) in [6.07, 6.45) is 19.4. The quantitative estimate of drug-likeness (QED) is 0.0170. The fourth-order valence-corrected chi connectivity index (χ4v) is 15.6. The molecule has 20 N–H and O–H groups in total. The third kappa shape index (κ3) is 75.3. The maximum atomic E-state index is 10.1. The van der Waals surface area contributed by atoms with Gasteiger partial charge in [-0.2, -0.15) is 0 Å². The van der Waals surface area contributed by atoms with Crippen LogP contribution >= 0.6 is 11.3 Å². The molecule has 0 saturated carbocycles. The summed E-state index contributed by atoms with van der Waals surface area (Å²) in [6, 6.07) is 15.9. The van der Waals surface area contributed by atoms with Crippen LogP contribution in [0.25, 0.3) is 11.0 Å². The van der Waals surface area contributed by atoms with Crippen LogP contribution in [0.4, 0.5) is 23.0 Å². The zero-order valence-corrected chi connectivity index (χ0v) is 101. The van der Waals surface area contributed by atoms with Gasteiger partial charge in [0.05, 0.1) is 95.1 Å². The molecular formula is C110H222N34O2S+2. The molecule has 13 rings (SSSR count). The number of carbonyl (C=O) groups is 1. The van der Waals surface area contributed by atoms with Crippen LogP contribution in [-0.4, -0.2) is 387 Å². The van der Waals surface area contributed by atoms with E-state index in [9.17, 15) is 4.79 Å². The number of ether oxygens (including phenoxy) is 1. The molecule has 2 unspecified atom stereocenters. The number of rotatable bonds is 22. The third-order valence-corrected chi connectivity index (χ3v) is 24.5. The van der Waals surface area contributed by atoms with Gasteiger partial charge < -0.3 is 113 Å². The molecular weight excluding hydrogens is 1860 g/mol. The number of anilines is 4. The molecule has 1 amide bonds. The molecule has 5 aromatic heterocycles. The number of nitrogens with one attached hydrogen (secondary N) is 12. The Balaban J connectivity index is 0. The number of H-pyrrole nitrogens is 3. The number of likely N-dealkylation sites (tertiary alicyclic amines) is 1. The maximum Gasteiger partial charge on any atom is 0.217 e. The predicted molar refractivity (Wildman–Crippen MR) is 633 cm³/mol. The second kappa shape index (κ2) is 79.9. The van der Waals surface area contributed by atoms with Gasteiger partial charge in [-0.15, -0.1) is 11.3 Å². The molecule has 7 aliphatic rings. The van der Waals surface area contributed by atoms with Crippen LogP contribution in [0, 0.1) is 34.5 Å². The molecule has 2 atom stereocenters. The molecule has 7 aliphatic heterocycles. The Kier molecular flexibility index (Phi) is 76.1. The van der Waals surface area contributed by atoms with Crippen LogP contribution in [0.2, 0.25) is 0 Å². The molecule has 37 heteroatoms. The number of benzene rings is 1. The summed E-state index contributed by atoms with van der Waals surface area (Å²) in [5, 5.41) is 38.7. The first kappa shape index (κ1) is 140. The smallest absolute Gasteiger partial charge is 0.217 e. The van der Waals surface area contributed by atoms with Crippen LogP contribution in [0.15, 0.2) is 101 Å². The third-order valence-electron chi connectivity index (χ3n) is 23.8. The summed E-state index contributed by atoms with van der Waals surface area (Å²) in [5.74, 6) is 8.49. The van der Waals surface area contributed by atoms with Gasteiger partial charge >= 0.3 is 0 Å². The molecule has 0 aliphatic carbocycles. The Morgan fingerprint density at radius 1 is 0.531 bits per heavy atom. The summed E-state index contributed by atoms with van der Waals surface area (Å²) >= 11 is 1.63. The number of carbonyl (C=O) groups excluding carboxylic acids is 1. The molecule has 12 heterocycles. The number of quaternary nitrogens is 2. The lowest BCUT2D eigenvalue weighted by Gasteiger charge is -2.43. The molecule has 7 fully saturated rings. The van der Waals surface area contributed by atoms with Crippen molar-refractivity contribution in [3.8, 4) is 0 Å². The Morgan fingerprint density at radius 3 is 1.33 bits per heavy atom. The number of hydrogen-bond donors (Lipinski definition) is 16. The van der Waals surface area contributed by atoms with Gasteiger partial charge in [0.25, 0.3) is 0 Å². The highest BCUT2D eigenvalue weighted by Crippen LogP contribution is 2.19. The van der Waals surface area contributed by atoms with Gasteiger partial charge in [0.2, 0.25) is 11.9 Å². The molecule has 36 nitrogen and oxygen atoms in total. The van der Waals surface area contributed by atoms with Crippen molar-refractivity contribution in [2.75, 3.05) is 207 Å². The zero-order chi connectivity index (χ0) is 112. The number of amidine groups is 2. The number of hydrogen-bond acceptors (Lipinski definition) is 25. The number of para-hydroxylation sites is 2. The van der Waals surface area contributed by atoms with Crippen molar-refractivity contribution in [1.82, 2.24) is 100 Å². The lowest BCUT2D eigenvalue weighted by atomic mass is 10.1. The van der Waals surface area contributed by atoms with E-state index in [1.165, 1.54) is 114 Å². The van der Waals surface area contributed by atoms with E-state index in [2.05, 4.69) is 327 Å². The Morgan fingerprint density at radius 2 is 0.993 bits per heavy atom.